The van der Waals surface area contributed by atoms with Gasteiger partial charge in [-0.3, -0.25) is 4.79 Å². The van der Waals surface area contributed by atoms with Crippen molar-refractivity contribution in [2.75, 3.05) is 0 Å². The first-order valence-corrected chi connectivity index (χ1v) is 7.94. The SMILES string of the molecule is NC(=O)/C(=C\c1ccc(Cl)cc1Cl)c1nc2ccccc2s1. The van der Waals surface area contributed by atoms with Crippen LogP contribution >= 0.6 is 34.5 Å². The molecule has 0 aliphatic heterocycles. The van der Waals surface area contributed by atoms with Gasteiger partial charge in [0.15, 0.2) is 0 Å². The van der Waals surface area contributed by atoms with Gasteiger partial charge in [-0.05, 0) is 35.9 Å². The molecule has 6 heteroatoms. The van der Waals surface area contributed by atoms with E-state index in [4.69, 9.17) is 28.9 Å². The molecule has 0 saturated carbocycles. The molecule has 0 fully saturated rings. The lowest BCUT2D eigenvalue weighted by atomic mass is 10.1. The van der Waals surface area contributed by atoms with E-state index in [1.54, 1.807) is 24.3 Å². The van der Waals surface area contributed by atoms with Crippen LogP contribution in [-0.2, 0) is 4.79 Å². The van der Waals surface area contributed by atoms with Crippen molar-refractivity contribution < 1.29 is 4.79 Å². The number of nitrogens with two attached hydrogens (primary N) is 1. The molecule has 22 heavy (non-hydrogen) atoms. The van der Waals surface area contributed by atoms with Gasteiger partial charge in [0, 0.05) is 10.0 Å². The maximum absolute atomic E-state index is 11.8. The van der Waals surface area contributed by atoms with Crippen LogP contribution in [0.5, 0.6) is 0 Å². The first-order valence-electron chi connectivity index (χ1n) is 6.37. The van der Waals surface area contributed by atoms with Crippen LogP contribution in [0.15, 0.2) is 42.5 Å². The van der Waals surface area contributed by atoms with Crippen molar-refractivity contribution in [3.8, 4) is 0 Å². The molecule has 0 radical (unpaired) electrons. The minimum Gasteiger partial charge on any atom is -0.366 e. The Bertz CT molecular complexity index is 869. The summed E-state index contributed by atoms with van der Waals surface area (Å²) in [4.78, 5) is 16.3. The molecule has 1 heterocycles. The van der Waals surface area contributed by atoms with Crippen molar-refractivity contribution in [1.82, 2.24) is 4.98 Å². The Labute approximate surface area is 141 Å². The minimum absolute atomic E-state index is 0.324. The molecule has 3 nitrogen and oxygen atoms in total. The Morgan fingerprint density at radius 3 is 2.64 bits per heavy atom. The second kappa shape index (κ2) is 6.08. The monoisotopic (exact) mass is 348 g/mol. The zero-order valence-corrected chi connectivity index (χ0v) is 13.5. The fraction of sp³-hybridized carbons (Fsp3) is 0. The summed E-state index contributed by atoms with van der Waals surface area (Å²) >= 11 is 13.4. The van der Waals surface area contributed by atoms with E-state index in [1.807, 2.05) is 24.3 Å². The van der Waals surface area contributed by atoms with Gasteiger partial charge in [0.1, 0.15) is 5.01 Å². The second-order valence-electron chi connectivity index (χ2n) is 4.57. The van der Waals surface area contributed by atoms with Gasteiger partial charge >= 0.3 is 0 Å². The van der Waals surface area contributed by atoms with Crippen molar-refractivity contribution in [2.45, 2.75) is 0 Å². The van der Waals surface area contributed by atoms with Gasteiger partial charge in [0.05, 0.1) is 15.8 Å². The van der Waals surface area contributed by atoms with Gasteiger partial charge in [0.2, 0.25) is 0 Å². The number of rotatable bonds is 3. The molecule has 0 spiro atoms. The van der Waals surface area contributed by atoms with Crippen LogP contribution in [0.2, 0.25) is 10.0 Å². The standard InChI is InChI=1S/C16H10Cl2N2OS/c17-10-6-5-9(12(18)8-10)7-11(15(19)21)16-20-13-3-1-2-4-14(13)22-16/h1-8H,(H2,19,21)/b11-7+. The fourth-order valence-electron chi connectivity index (χ4n) is 2.00. The highest BCUT2D eigenvalue weighted by molar-refractivity contribution is 7.19. The van der Waals surface area contributed by atoms with E-state index < -0.39 is 5.91 Å². The number of carbonyl (C=O) groups excluding carboxylic acids is 1. The maximum atomic E-state index is 11.8. The third-order valence-corrected chi connectivity index (χ3v) is 4.68. The van der Waals surface area contributed by atoms with E-state index in [0.717, 1.165) is 10.2 Å². The normalized spacial score (nSPS) is 11.8. The molecule has 1 amide bonds. The van der Waals surface area contributed by atoms with Crippen molar-refractivity contribution >= 4 is 62.3 Å². The van der Waals surface area contributed by atoms with Gasteiger partial charge in [-0.15, -0.1) is 11.3 Å². The van der Waals surface area contributed by atoms with Crippen LogP contribution in [0.3, 0.4) is 0 Å². The Hall–Kier alpha value is -1.88. The summed E-state index contributed by atoms with van der Waals surface area (Å²) in [6, 6.07) is 12.7. The number of amides is 1. The van der Waals surface area contributed by atoms with Crippen LogP contribution in [0.1, 0.15) is 10.6 Å². The molecular weight excluding hydrogens is 339 g/mol. The summed E-state index contributed by atoms with van der Waals surface area (Å²) in [7, 11) is 0. The second-order valence-corrected chi connectivity index (χ2v) is 6.45. The molecular formula is C16H10Cl2N2OS. The number of carbonyl (C=O) groups is 1. The smallest absolute Gasteiger partial charge is 0.251 e. The quantitative estimate of drug-likeness (QED) is 0.701. The average Bonchev–Trinajstić information content (AvgIpc) is 2.89. The predicted octanol–water partition coefficient (Wildman–Crippen LogP) is 4.63. The zero-order valence-electron chi connectivity index (χ0n) is 11.2. The van der Waals surface area contributed by atoms with Gasteiger partial charge in [-0.25, -0.2) is 4.98 Å². The summed E-state index contributed by atoms with van der Waals surface area (Å²) in [6.07, 6.45) is 1.64. The first kappa shape index (κ1) is 15.0. The Balaban J connectivity index is 2.13. The van der Waals surface area contributed by atoms with Crippen molar-refractivity contribution in [2.24, 2.45) is 5.73 Å². The Morgan fingerprint density at radius 2 is 1.95 bits per heavy atom. The summed E-state index contributed by atoms with van der Waals surface area (Å²) < 4.78 is 0.992. The Morgan fingerprint density at radius 1 is 1.18 bits per heavy atom. The molecule has 110 valence electrons. The lowest BCUT2D eigenvalue weighted by Crippen LogP contribution is -2.12. The highest BCUT2D eigenvalue weighted by Crippen LogP contribution is 2.30. The molecule has 0 aliphatic carbocycles. The number of fused-ring (bicyclic) bond motifs is 1. The lowest BCUT2D eigenvalue weighted by Gasteiger charge is -2.02. The molecule has 3 aromatic rings. The number of aromatic nitrogens is 1. The highest BCUT2D eigenvalue weighted by Gasteiger charge is 2.14. The molecule has 3 rings (SSSR count). The molecule has 0 atom stereocenters. The van der Waals surface area contributed by atoms with Gasteiger partial charge in [-0.2, -0.15) is 0 Å². The van der Waals surface area contributed by atoms with E-state index in [1.165, 1.54) is 11.3 Å². The molecule has 2 N–H and O–H groups in total. The lowest BCUT2D eigenvalue weighted by molar-refractivity contribution is -0.112. The predicted molar refractivity (Wildman–Crippen MR) is 93.1 cm³/mol. The van der Waals surface area contributed by atoms with E-state index in [9.17, 15) is 4.79 Å². The minimum atomic E-state index is -0.551. The summed E-state index contributed by atoms with van der Waals surface area (Å²) in [5.74, 6) is -0.551. The average molecular weight is 349 g/mol. The topological polar surface area (TPSA) is 56.0 Å². The number of nitrogens with zero attached hydrogens (tertiary/aromatic N) is 1. The van der Waals surface area contributed by atoms with Crippen molar-refractivity contribution in [1.29, 1.82) is 0 Å². The largest absolute Gasteiger partial charge is 0.366 e. The van der Waals surface area contributed by atoms with Gasteiger partial charge in [0.25, 0.3) is 5.91 Å². The van der Waals surface area contributed by atoms with E-state index in [2.05, 4.69) is 4.98 Å². The van der Waals surface area contributed by atoms with E-state index >= 15 is 0 Å². The summed E-state index contributed by atoms with van der Waals surface area (Å²) in [6.45, 7) is 0. The number of primary amides is 1. The molecule has 2 aromatic carbocycles. The number of thiazole rings is 1. The van der Waals surface area contributed by atoms with E-state index in [-0.39, 0.29) is 0 Å². The van der Waals surface area contributed by atoms with Gasteiger partial charge in [-0.1, -0.05) is 41.4 Å². The summed E-state index contributed by atoms with van der Waals surface area (Å²) in [5, 5.41) is 1.55. The molecule has 1 aromatic heterocycles. The van der Waals surface area contributed by atoms with Gasteiger partial charge < -0.3 is 5.73 Å². The first-order chi connectivity index (χ1) is 10.5. The van der Waals surface area contributed by atoms with Crippen molar-refractivity contribution in [3.63, 3.8) is 0 Å². The number of halogens is 2. The third-order valence-electron chi connectivity index (χ3n) is 3.05. The zero-order chi connectivity index (χ0) is 15.7. The number of hydrogen-bond donors (Lipinski definition) is 1. The van der Waals surface area contributed by atoms with Crippen LogP contribution in [0.4, 0.5) is 0 Å². The molecule has 0 unspecified atom stereocenters. The summed E-state index contributed by atoms with van der Waals surface area (Å²) in [5.41, 5.74) is 7.33. The highest BCUT2D eigenvalue weighted by atomic mass is 35.5. The third kappa shape index (κ3) is 2.99. The van der Waals surface area contributed by atoms with E-state index in [0.29, 0.717) is 26.2 Å². The van der Waals surface area contributed by atoms with Crippen LogP contribution in [-0.4, -0.2) is 10.9 Å². The molecule has 0 aliphatic rings. The molecule has 0 bridgehead atoms. The maximum Gasteiger partial charge on any atom is 0.251 e. The van der Waals surface area contributed by atoms with Crippen molar-refractivity contribution in [3.05, 3.63) is 63.1 Å². The number of benzene rings is 2. The number of hydrogen-bond acceptors (Lipinski definition) is 3. The number of para-hydroxylation sites is 1. The van der Waals surface area contributed by atoms with Crippen LogP contribution < -0.4 is 5.73 Å². The van der Waals surface area contributed by atoms with Crippen LogP contribution in [0.25, 0.3) is 21.9 Å². The molecule has 0 saturated heterocycles. The fourth-order valence-corrected chi connectivity index (χ4v) is 3.45. The van der Waals surface area contributed by atoms with Crippen LogP contribution in [0, 0.1) is 0 Å². The Kier molecular flexibility index (Phi) is 4.16.